The minimum atomic E-state index is -4.18. The van der Waals surface area contributed by atoms with Crippen LogP contribution in [0.4, 0.5) is 9.93 Å². The molecule has 0 aliphatic carbocycles. The summed E-state index contributed by atoms with van der Waals surface area (Å²) in [5.41, 5.74) is 0.242. The Labute approximate surface area is 401 Å². The first-order valence-corrected chi connectivity index (χ1v) is 24.9. The number of esters is 1. The normalized spacial score (nSPS) is 16.3. The van der Waals surface area contributed by atoms with Gasteiger partial charge in [-0.1, -0.05) is 157 Å². The number of aromatic nitrogens is 1. The van der Waals surface area contributed by atoms with Crippen LogP contribution in [0.15, 0.2) is 174 Å². The van der Waals surface area contributed by atoms with Crippen molar-refractivity contribution in [3.05, 3.63) is 202 Å². The number of β-lactam (4-membered cyclic amide) rings is 1. The van der Waals surface area contributed by atoms with Crippen LogP contribution in [0.1, 0.15) is 60.4 Å². The van der Waals surface area contributed by atoms with Crippen LogP contribution in [0.5, 0.6) is 0 Å². The van der Waals surface area contributed by atoms with Crippen LogP contribution in [0.2, 0.25) is 0 Å². The predicted octanol–water partition coefficient (Wildman–Crippen LogP) is 8.12. The minimum absolute atomic E-state index is 0.0116. The molecule has 2 atom stereocenters. The van der Waals surface area contributed by atoms with Gasteiger partial charge in [-0.25, -0.2) is 14.6 Å². The summed E-state index contributed by atoms with van der Waals surface area (Å²) in [7, 11) is -4.18. The van der Waals surface area contributed by atoms with E-state index in [0.29, 0.717) is 27.8 Å². The standard InChI is InChI=1S/C50H45N5O10S3/c1-49(2,3)63-48(59)53-47-51-37(30-67-47)39(54-65-50(34-24-14-7-15-25-34,35-26-16-8-17-27-35)36-28-18-9-19-29-36)43(56)52-40-44(57)55-41(38(31-66-45(40)55)64-68(4,60)61)46(58)62-42(32-20-10-5-11-21-32)33-22-12-6-13-23-33/h5-30,40,42,45H,31H2,1-4H3,(H,52,56)(H,51,53,59)/b54-39-/t40-,45-/m1/s1. The number of carbonyl (C=O) groups excluding carboxylic acids is 4. The van der Waals surface area contributed by atoms with Crippen molar-refractivity contribution in [3.63, 3.8) is 0 Å². The smallest absolute Gasteiger partial charge is 0.413 e. The van der Waals surface area contributed by atoms with Crippen LogP contribution in [0.25, 0.3) is 0 Å². The predicted molar refractivity (Wildman–Crippen MR) is 258 cm³/mol. The van der Waals surface area contributed by atoms with Crippen molar-refractivity contribution in [1.29, 1.82) is 0 Å². The molecule has 6 aromatic rings. The first-order chi connectivity index (χ1) is 32.6. The Bertz CT molecular complexity index is 2830. The fourth-order valence-electron chi connectivity index (χ4n) is 7.61. The molecule has 2 N–H and O–H groups in total. The molecule has 3 amide bonds. The van der Waals surface area contributed by atoms with Crippen LogP contribution in [-0.4, -0.2) is 76.9 Å². The Balaban J connectivity index is 1.15. The summed E-state index contributed by atoms with van der Waals surface area (Å²) in [6.07, 6.45) is -0.892. The van der Waals surface area contributed by atoms with Gasteiger partial charge in [-0.2, -0.15) is 8.42 Å². The minimum Gasteiger partial charge on any atom is -0.448 e. The van der Waals surface area contributed by atoms with Gasteiger partial charge in [0.25, 0.3) is 11.8 Å². The molecule has 0 radical (unpaired) electrons. The van der Waals surface area contributed by atoms with Crippen LogP contribution < -0.4 is 10.6 Å². The highest BCUT2D eigenvalue weighted by Gasteiger charge is 2.56. The van der Waals surface area contributed by atoms with Crippen LogP contribution >= 0.6 is 23.1 Å². The quantitative estimate of drug-likeness (QED) is 0.0251. The Morgan fingerprint density at radius 1 is 0.779 bits per heavy atom. The number of ether oxygens (including phenoxy) is 2. The highest BCUT2D eigenvalue weighted by atomic mass is 32.2. The number of carbonyl (C=O) groups is 4. The van der Waals surface area contributed by atoms with Crippen LogP contribution in [0, 0.1) is 0 Å². The van der Waals surface area contributed by atoms with Crippen molar-refractivity contribution >= 4 is 67.9 Å². The first kappa shape index (κ1) is 47.2. The number of nitrogens with one attached hydrogen (secondary N) is 2. The fourth-order valence-corrected chi connectivity index (χ4v) is 10.1. The Morgan fingerprint density at radius 2 is 1.28 bits per heavy atom. The van der Waals surface area contributed by atoms with Gasteiger partial charge in [0, 0.05) is 22.1 Å². The maximum atomic E-state index is 14.8. The molecule has 18 heteroatoms. The molecule has 0 bridgehead atoms. The number of benzene rings is 5. The summed E-state index contributed by atoms with van der Waals surface area (Å²) >= 11 is 2.07. The number of thioether (sulfide) groups is 1. The van der Waals surface area contributed by atoms with E-state index >= 15 is 0 Å². The number of oxime groups is 1. The molecule has 5 aromatic carbocycles. The van der Waals surface area contributed by atoms with Gasteiger partial charge in [0.2, 0.25) is 5.60 Å². The number of hydrogen-bond acceptors (Lipinski definition) is 14. The van der Waals surface area contributed by atoms with Gasteiger partial charge < -0.3 is 23.8 Å². The van der Waals surface area contributed by atoms with E-state index in [-0.39, 0.29) is 28.0 Å². The van der Waals surface area contributed by atoms with Crippen LogP contribution in [0.3, 0.4) is 0 Å². The van der Waals surface area contributed by atoms with Gasteiger partial charge in [-0.05, 0) is 31.9 Å². The number of hydrogen-bond donors (Lipinski definition) is 2. The molecule has 2 aliphatic rings. The summed E-state index contributed by atoms with van der Waals surface area (Å²) in [6, 6.07) is 44.6. The molecule has 0 saturated carbocycles. The summed E-state index contributed by atoms with van der Waals surface area (Å²) < 4.78 is 41.9. The van der Waals surface area contributed by atoms with E-state index in [9.17, 15) is 27.6 Å². The topological polar surface area (TPSA) is 192 Å². The second-order valence-electron chi connectivity index (χ2n) is 16.5. The van der Waals surface area contributed by atoms with E-state index in [1.807, 2.05) is 103 Å². The van der Waals surface area contributed by atoms with Crippen molar-refractivity contribution in [2.24, 2.45) is 5.16 Å². The third-order valence-electron chi connectivity index (χ3n) is 10.5. The van der Waals surface area contributed by atoms with Gasteiger partial charge in [0.1, 0.15) is 22.7 Å². The van der Waals surface area contributed by atoms with Crippen molar-refractivity contribution in [2.45, 2.75) is 49.5 Å². The lowest BCUT2D eigenvalue weighted by Gasteiger charge is -2.49. The molecule has 1 aromatic heterocycles. The largest absolute Gasteiger partial charge is 0.448 e. The lowest BCUT2D eigenvalue weighted by Crippen LogP contribution is -2.71. The fraction of sp³-hybridized carbons (Fsp3) is 0.200. The molecule has 8 rings (SSSR count). The van der Waals surface area contributed by atoms with Gasteiger partial charge in [-0.3, -0.25) is 19.8 Å². The number of thiazole rings is 1. The number of amides is 3. The van der Waals surface area contributed by atoms with E-state index in [4.69, 9.17) is 18.5 Å². The number of nitrogens with zero attached hydrogens (tertiary/aromatic N) is 3. The zero-order valence-electron chi connectivity index (χ0n) is 37.1. The molecule has 0 spiro atoms. The maximum absolute atomic E-state index is 14.8. The van der Waals surface area contributed by atoms with Crippen molar-refractivity contribution in [3.8, 4) is 0 Å². The van der Waals surface area contributed by atoms with Gasteiger partial charge in [0.15, 0.2) is 28.4 Å². The lowest BCUT2D eigenvalue weighted by molar-refractivity contribution is -0.154. The average molecular weight is 972 g/mol. The highest BCUT2D eigenvalue weighted by Crippen LogP contribution is 2.43. The lowest BCUT2D eigenvalue weighted by atomic mass is 9.80. The highest BCUT2D eigenvalue weighted by molar-refractivity contribution is 8.00. The molecule has 2 aliphatic heterocycles. The van der Waals surface area contributed by atoms with Gasteiger partial charge >= 0.3 is 22.2 Å². The van der Waals surface area contributed by atoms with Crippen molar-refractivity contribution in [2.75, 3.05) is 17.3 Å². The molecule has 15 nitrogen and oxygen atoms in total. The average Bonchev–Trinajstić information content (AvgIpc) is 3.78. The first-order valence-electron chi connectivity index (χ1n) is 21.2. The van der Waals surface area contributed by atoms with Gasteiger partial charge in [0.05, 0.1) is 12.0 Å². The van der Waals surface area contributed by atoms with E-state index in [1.165, 1.54) is 5.38 Å². The maximum Gasteiger partial charge on any atom is 0.413 e. The molecule has 348 valence electrons. The zero-order chi connectivity index (χ0) is 48.1. The second-order valence-corrected chi connectivity index (χ2v) is 20.0. The SMILES string of the molecule is CC(C)(C)OC(=O)Nc1nc(/C(=N/OC(c2ccccc2)(c2ccccc2)c2ccccc2)C(=O)N[C@@H]2C(=O)N3C(C(=O)OC(c4ccccc4)c4ccccc4)=C(OS(C)(=O)=O)CS[C@H]23)cs1. The van der Waals surface area contributed by atoms with Gasteiger partial charge in [-0.15, -0.1) is 23.1 Å². The summed E-state index contributed by atoms with van der Waals surface area (Å²) in [4.78, 5) is 68.6. The molecule has 1 fully saturated rings. The summed E-state index contributed by atoms with van der Waals surface area (Å²) in [6.45, 7) is 5.14. The molecule has 3 heterocycles. The monoisotopic (exact) mass is 971 g/mol. The molecular formula is C50H45N5O10S3. The van der Waals surface area contributed by atoms with Crippen molar-refractivity contribution < 1.29 is 46.1 Å². The van der Waals surface area contributed by atoms with Crippen LogP contribution in [-0.2, 0) is 48.6 Å². The van der Waals surface area contributed by atoms with Crippen molar-refractivity contribution in [1.82, 2.24) is 15.2 Å². The Kier molecular flexibility index (Phi) is 13.8. The zero-order valence-corrected chi connectivity index (χ0v) is 39.5. The summed E-state index contributed by atoms with van der Waals surface area (Å²) in [5.74, 6) is -3.15. The van der Waals surface area contributed by atoms with E-state index < -0.39 is 68.4 Å². The molecular weight excluding hydrogens is 927 g/mol. The number of anilines is 1. The summed E-state index contributed by atoms with van der Waals surface area (Å²) in [5, 5.41) is 10.6. The van der Waals surface area contributed by atoms with E-state index in [0.717, 1.165) is 34.3 Å². The Hall–Kier alpha value is -7.28. The number of rotatable bonds is 15. The third kappa shape index (κ3) is 10.5. The van der Waals surface area contributed by atoms with E-state index in [1.54, 1.807) is 69.3 Å². The second kappa shape index (κ2) is 19.9. The molecule has 68 heavy (non-hydrogen) atoms. The molecule has 1 saturated heterocycles. The molecule has 0 unspecified atom stereocenters. The Morgan fingerprint density at radius 3 is 1.76 bits per heavy atom. The third-order valence-corrected chi connectivity index (χ3v) is 13.0. The number of fused-ring (bicyclic) bond motifs is 1. The van der Waals surface area contributed by atoms with E-state index in [2.05, 4.69) is 20.8 Å².